The predicted octanol–water partition coefficient (Wildman–Crippen LogP) is 5.28. The largest absolute Gasteiger partial charge is 0.360 e. The molecule has 0 saturated heterocycles. The number of nitrogens with zero attached hydrogens (tertiary/aromatic N) is 1. The van der Waals surface area contributed by atoms with E-state index >= 15 is 0 Å². The zero-order valence-electron chi connectivity index (χ0n) is 16.9. The number of ketones is 1. The van der Waals surface area contributed by atoms with E-state index in [2.05, 4.69) is 42.1 Å². The number of para-hydroxylation sites is 1. The third kappa shape index (κ3) is 5.29. The van der Waals surface area contributed by atoms with E-state index in [1.54, 1.807) is 11.6 Å². The molecule has 0 aliphatic rings. The third-order valence-corrected chi connectivity index (χ3v) is 5.41. The molecule has 0 saturated carbocycles. The van der Waals surface area contributed by atoms with Crippen molar-refractivity contribution in [3.63, 3.8) is 0 Å². The molecule has 0 unspecified atom stereocenters. The summed E-state index contributed by atoms with van der Waals surface area (Å²) in [5.41, 5.74) is 4.28. The molecule has 2 N–H and O–H groups in total. The molecule has 0 atom stereocenters. The lowest BCUT2D eigenvalue weighted by Gasteiger charge is -2.02. The molecule has 1 amide bonds. The number of carbonyl (C=O) groups excluding carboxylic acids is 2. The molecular weight excluding hydrogens is 382 g/mol. The summed E-state index contributed by atoms with van der Waals surface area (Å²) >= 11 is 1.19. The fraction of sp³-hybridized carbons (Fsp3) is 0.261. The van der Waals surface area contributed by atoms with Gasteiger partial charge in [-0.05, 0) is 39.7 Å². The molecule has 150 valence electrons. The smallest absolute Gasteiger partial charge is 0.271 e. The minimum Gasteiger partial charge on any atom is -0.360 e. The van der Waals surface area contributed by atoms with E-state index in [9.17, 15) is 9.59 Å². The van der Waals surface area contributed by atoms with Crippen molar-refractivity contribution in [3.8, 4) is 0 Å². The maximum absolute atomic E-state index is 12.8. The van der Waals surface area contributed by atoms with Crippen molar-refractivity contribution < 1.29 is 9.59 Å². The molecule has 3 aromatic rings. The van der Waals surface area contributed by atoms with Crippen LogP contribution in [-0.2, 0) is 0 Å². The summed E-state index contributed by atoms with van der Waals surface area (Å²) in [6, 6.07) is 7.62. The van der Waals surface area contributed by atoms with Gasteiger partial charge in [0.05, 0.1) is 5.56 Å². The van der Waals surface area contributed by atoms with Crippen LogP contribution in [0.25, 0.3) is 10.9 Å². The average molecular weight is 408 g/mol. The second-order valence-corrected chi connectivity index (χ2v) is 8.05. The number of H-pyrrole nitrogens is 1. The van der Waals surface area contributed by atoms with Crippen LogP contribution in [-0.4, -0.2) is 28.2 Å². The van der Waals surface area contributed by atoms with E-state index in [0.717, 1.165) is 23.7 Å². The molecule has 3 rings (SSSR count). The molecule has 0 aliphatic carbocycles. The topological polar surface area (TPSA) is 74.8 Å². The van der Waals surface area contributed by atoms with Crippen LogP contribution in [0, 0.1) is 0 Å². The Morgan fingerprint density at radius 2 is 1.97 bits per heavy atom. The number of amides is 1. The van der Waals surface area contributed by atoms with Crippen molar-refractivity contribution in [2.45, 2.75) is 33.6 Å². The predicted molar refractivity (Wildman–Crippen MR) is 119 cm³/mol. The van der Waals surface area contributed by atoms with Gasteiger partial charge in [-0.2, -0.15) is 0 Å². The van der Waals surface area contributed by atoms with Gasteiger partial charge in [-0.1, -0.05) is 41.5 Å². The summed E-state index contributed by atoms with van der Waals surface area (Å²) in [5.74, 6) is -0.450. The standard InChI is InChI=1S/C23H25N3O2S/c1-15(2)7-6-8-16(3)11-12-24-22(28)20-14-29-23(26-20)21(27)18-13-25-19-10-5-4-9-17(18)19/h4-5,7,9-11,13-14,25H,6,8,12H2,1-3H3,(H,24,28)/b16-11+. The summed E-state index contributed by atoms with van der Waals surface area (Å²) < 4.78 is 0. The maximum atomic E-state index is 12.8. The first-order valence-corrected chi connectivity index (χ1v) is 10.5. The van der Waals surface area contributed by atoms with E-state index in [-0.39, 0.29) is 17.4 Å². The first-order valence-electron chi connectivity index (χ1n) is 9.59. The highest BCUT2D eigenvalue weighted by Gasteiger charge is 2.19. The highest BCUT2D eigenvalue weighted by Crippen LogP contribution is 2.22. The highest BCUT2D eigenvalue weighted by molar-refractivity contribution is 7.12. The van der Waals surface area contributed by atoms with Crippen LogP contribution in [0.1, 0.15) is 59.5 Å². The number of carbonyl (C=O) groups is 2. The lowest BCUT2D eigenvalue weighted by Crippen LogP contribution is -2.24. The Morgan fingerprint density at radius 1 is 1.17 bits per heavy atom. The molecule has 6 heteroatoms. The van der Waals surface area contributed by atoms with Crippen LogP contribution in [0.15, 0.2) is 59.1 Å². The molecule has 2 aromatic heterocycles. The highest BCUT2D eigenvalue weighted by atomic mass is 32.1. The lowest BCUT2D eigenvalue weighted by atomic mass is 10.1. The quantitative estimate of drug-likeness (QED) is 0.394. The van der Waals surface area contributed by atoms with Crippen LogP contribution in [0.2, 0.25) is 0 Å². The Kier molecular flexibility index (Phi) is 6.77. The van der Waals surface area contributed by atoms with Crippen LogP contribution in [0.4, 0.5) is 0 Å². The normalized spacial score (nSPS) is 11.5. The number of rotatable bonds is 8. The van der Waals surface area contributed by atoms with Crippen LogP contribution >= 0.6 is 11.3 Å². The van der Waals surface area contributed by atoms with Crippen molar-refractivity contribution in [1.29, 1.82) is 0 Å². The van der Waals surface area contributed by atoms with Gasteiger partial charge in [0.2, 0.25) is 5.78 Å². The fourth-order valence-electron chi connectivity index (χ4n) is 2.96. The Balaban J connectivity index is 1.60. The number of thiazole rings is 1. The average Bonchev–Trinajstić information content (AvgIpc) is 3.34. The van der Waals surface area contributed by atoms with Crippen molar-refractivity contribution in [3.05, 3.63) is 75.4 Å². The minimum absolute atomic E-state index is 0.179. The van der Waals surface area contributed by atoms with Crippen molar-refractivity contribution in [1.82, 2.24) is 15.3 Å². The lowest BCUT2D eigenvalue weighted by molar-refractivity contribution is 0.0953. The van der Waals surface area contributed by atoms with Gasteiger partial charge in [0.25, 0.3) is 5.91 Å². The van der Waals surface area contributed by atoms with Gasteiger partial charge in [0.1, 0.15) is 5.69 Å². The minimum atomic E-state index is -0.271. The first kappa shape index (κ1) is 20.7. The molecular formula is C23H25N3O2S. The van der Waals surface area contributed by atoms with E-state index in [1.807, 2.05) is 30.3 Å². The Bertz CT molecular complexity index is 1080. The molecule has 29 heavy (non-hydrogen) atoms. The van der Waals surface area contributed by atoms with Crippen molar-refractivity contribution in [2.75, 3.05) is 6.54 Å². The van der Waals surface area contributed by atoms with E-state index in [1.165, 1.54) is 22.5 Å². The SMILES string of the molecule is CC(C)=CCC/C(C)=C/CNC(=O)c1csc(C(=O)c2c[nH]c3ccccc23)n1. The van der Waals surface area contributed by atoms with E-state index < -0.39 is 0 Å². The summed E-state index contributed by atoms with van der Waals surface area (Å²) in [7, 11) is 0. The van der Waals surface area contributed by atoms with Gasteiger partial charge in [0.15, 0.2) is 5.01 Å². The number of nitrogens with one attached hydrogen (secondary N) is 2. The van der Waals surface area contributed by atoms with Crippen molar-refractivity contribution in [2.24, 2.45) is 0 Å². The van der Waals surface area contributed by atoms with Crippen LogP contribution in [0.3, 0.4) is 0 Å². The number of aromatic nitrogens is 2. The second kappa shape index (κ2) is 9.47. The summed E-state index contributed by atoms with van der Waals surface area (Å²) in [5, 5.41) is 5.64. The monoisotopic (exact) mass is 407 g/mol. The molecule has 2 heterocycles. The van der Waals surface area contributed by atoms with Gasteiger partial charge in [-0.15, -0.1) is 11.3 Å². The van der Waals surface area contributed by atoms with Gasteiger partial charge in [0, 0.05) is 29.0 Å². The van der Waals surface area contributed by atoms with Crippen LogP contribution in [0.5, 0.6) is 0 Å². The number of benzene rings is 1. The number of fused-ring (bicyclic) bond motifs is 1. The summed E-state index contributed by atoms with van der Waals surface area (Å²) in [4.78, 5) is 32.5. The molecule has 0 bridgehead atoms. The Labute approximate surface area is 174 Å². The summed E-state index contributed by atoms with van der Waals surface area (Å²) in [6.07, 6.45) is 7.89. The van der Waals surface area contributed by atoms with Gasteiger partial charge in [-0.3, -0.25) is 9.59 Å². The zero-order valence-corrected chi connectivity index (χ0v) is 17.7. The fourth-order valence-corrected chi connectivity index (χ4v) is 3.71. The molecule has 0 fully saturated rings. The molecule has 1 aromatic carbocycles. The van der Waals surface area contributed by atoms with Crippen molar-refractivity contribution >= 4 is 33.9 Å². The number of aromatic amines is 1. The molecule has 0 spiro atoms. The molecule has 0 radical (unpaired) electrons. The van der Waals surface area contributed by atoms with Crippen LogP contribution < -0.4 is 5.32 Å². The van der Waals surface area contributed by atoms with E-state index in [4.69, 9.17) is 0 Å². The number of allylic oxidation sites excluding steroid dienone is 3. The zero-order chi connectivity index (χ0) is 20.8. The first-order chi connectivity index (χ1) is 14.0. The number of hydrogen-bond acceptors (Lipinski definition) is 4. The molecule has 0 aliphatic heterocycles. The summed E-state index contributed by atoms with van der Waals surface area (Å²) in [6.45, 7) is 6.68. The number of hydrogen-bond donors (Lipinski definition) is 2. The second-order valence-electron chi connectivity index (χ2n) is 7.20. The van der Waals surface area contributed by atoms with Gasteiger partial charge >= 0.3 is 0 Å². The van der Waals surface area contributed by atoms with Gasteiger partial charge < -0.3 is 10.3 Å². The maximum Gasteiger partial charge on any atom is 0.271 e. The molecule has 5 nitrogen and oxygen atoms in total. The Morgan fingerprint density at radius 3 is 2.76 bits per heavy atom. The third-order valence-electron chi connectivity index (χ3n) is 4.57. The van der Waals surface area contributed by atoms with Gasteiger partial charge in [-0.25, -0.2) is 4.98 Å². The Hall–Kier alpha value is -2.99. The van der Waals surface area contributed by atoms with E-state index in [0.29, 0.717) is 17.1 Å².